The molecule has 17 heavy (non-hydrogen) atoms. The average Bonchev–Trinajstić information content (AvgIpc) is 2.12. The molecule has 0 aliphatic heterocycles. The van der Waals surface area contributed by atoms with Crippen molar-refractivity contribution < 1.29 is 18.3 Å². The lowest BCUT2D eigenvalue weighted by atomic mass is 9.69. The molecule has 1 aliphatic rings. The van der Waals surface area contributed by atoms with Gasteiger partial charge in [0.1, 0.15) is 0 Å². The normalized spacial score (nSPS) is 19.0. The summed E-state index contributed by atoms with van der Waals surface area (Å²) in [6.07, 6.45) is 1.91. The first-order valence-electron chi connectivity index (χ1n) is 5.75. The second-order valence-electron chi connectivity index (χ2n) is 5.01. The predicted molar refractivity (Wildman–Crippen MR) is 63.7 cm³/mol. The summed E-state index contributed by atoms with van der Waals surface area (Å²) in [5.41, 5.74) is -0.896. The van der Waals surface area contributed by atoms with E-state index in [2.05, 4.69) is 9.44 Å². The van der Waals surface area contributed by atoms with Crippen LogP contribution in [0.5, 0.6) is 0 Å². The number of rotatable bonds is 7. The summed E-state index contributed by atoms with van der Waals surface area (Å²) in [5.74, 6) is -0.709. The van der Waals surface area contributed by atoms with Crippen molar-refractivity contribution in [1.29, 1.82) is 0 Å². The lowest BCUT2D eigenvalue weighted by Gasteiger charge is -2.37. The highest BCUT2D eigenvalue weighted by Crippen LogP contribution is 2.40. The fourth-order valence-corrected chi connectivity index (χ4v) is 2.75. The molecular formula is C10H20N2O4S. The maximum atomic E-state index is 11.5. The molecule has 0 atom stereocenters. The van der Waals surface area contributed by atoms with Crippen molar-refractivity contribution in [1.82, 2.24) is 9.44 Å². The molecule has 100 valence electrons. The standard InChI is InChI=1S/C10H20N2O4S/c1-8(2)6-11-17(15,16)12-7-10(9(13)14)4-3-5-10/h8,11-12H,3-7H2,1-2H3,(H,13,14). The van der Waals surface area contributed by atoms with E-state index in [9.17, 15) is 13.2 Å². The highest BCUT2D eigenvalue weighted by atomic mass is 32.2. The van der Waals surface area contributed by atoms with Crippen LogP contribution in [0.4, 0.5) is 0 Å². The lowest BCUT2D eigenvalue weighted by molar-refractivity contribution is -0.153. The van der Waals surface area contributed by atoms with E-state index >= 15 is 0 Å². The van der Waals surface area contributed by atoms with Crippen LogP contribution in [0.15, 0.2) is 0 Å². The van der Waals surface area contributed by atoms with E-state index < -0.39 is 21.6 Å². The van der Waals surface area contributed by atoms with E-state index in [-0.39, 0.29) is 12.5 Å². The van der Waals surface area contributed by atoms with Gasteiger partial charge < -0.3 is 5.11 Å². The minimum absolute atomic E-state index is 0.0320. The first-order valence-corrected chi connectivity index (χ1v) is 7.23. The number of hydrogen-bond donors (Lipinski definition) is 3. The minimum Gasteiger partial charge on any atom is -0.481 e. The maximum absolute atomic E-state index is 11.5. The summed E-state index contributed by atoms with van der Waals surface area (Å²) in [5, 5.41) is 9.04. The van der Waals surface area contributed by atoms with Crippen LogP contribution in [0.25, 0.3) is 0 Å². The molecule has 1 fully saturated rings. The molecule has 0 heterocycles. The molecule has 7 heteroatoms. The van der Waals surface area contributed by atoms with E-state index in [0.29, 0.717) is 19.4 Å². The van der Waals surface area contributed by atoms with Gasteiger partial charge in [-0.15, -0.1) is 0 Å². The van der Waals surface area contributed by atoms with Gasteiger partial charge in [0.15, 0.2) is 0 Å². The number of carboxylic acid groups (broad SMARTS) is 1. The van der Waals surface area contributed by atoms with Gasteiger partial charge in [0.05, 0.1) is 5.41 Å². The van der Waals surface area contributed by atoms with E-state index in [1.54, 1.807) is 0 Å². The third kappa shape index (κ3) is 3.93. The summed E-state index contributed by atoms with van der Waals surface area (Å²) in [6.45, 7) is 4.10. The van der Waals surface area contributed by atoms with Crippen LogP contribution in [0.2, 0.25) is 0 Å². The Morgan fingerprint density at radius 1 is 1.35 bits per heavy atom. The van der Waals surface area contributed by atoms with Crippen molar-refractivity contribution in [3.63, 3.8) is 0 Å². The lowest BCUT2D eigenvalue weighted by Crippen LogP contribution is -2.50. The van der Waals surface area contributed by atoms with Gasteiger partial charge in [-0.25, -0.2) is 9.44 Å². The summed E-state index contributed by atoms with van der Waals surface area (Å²) in [7, 11) is -3.58. The number of hydrogen-bond acceptors (Lipinski definition) is 3. The van der Waals surface area contributed by atoms with Gasteiger partial charge >= 0.3 is 5.97 Å². The number of nitrogens with one attached hydrogen (secondary N) is 2. The first kappa shape index (κ1) is 14.4. The van der Waals surface area contributed by atoms with Gasteiger partial charge in [0.25, 0.3) is 10.2 Å². The van der Waals surface area contributed by atoms with Crippen molar-refractivity contribution >= 4 is 16.2 Å². The molecule has 0 bridgehead atoms. The summed E-state index contributed by atoms with van der Waals surface area (Å²) in [6, 6.07) is 0. The van der Waals surface area contributed by atoms with Gasteiger partial charge in [-0.1, -0.05) is 20.3 Å². The van der Waals surface area contributed by atoms with E-state index in [4.69, 9.17) is 5.11 Å². The fraction of sp³-hybridized carbons (Fsp3) is 0.900. The van der Waals surface area contributed by atoms with Crippen LogP contribution >= 0.6 is 0 Å². The highest BCUT2D eigenvalue weighted by molar-refractivity contribution is 7.87. The molecule has 0 spiro atoms. The second-order valence-corrected chi connectivity index (χ2v) is 6.59. The van der Waals surface area contributed by atoms with Crippen LogP contribution in [0.1, 0.15) is 33.1 Å². The quantitative estimate of drug-likeness (QED) is 0.617. The molecule has 6 nitrogen and oxygen atoms in total. The van der Waals surface area contributed by atoms with Crippen molar-refractivity contribution in [2.24, 2.45) is 11.3 Å². The van der Waals surface area contributed by atoms with Gasteiger partial charge in [-0.3, -0.25) is 4.79 Å². The molecular weight excluding hydrogens is 244 g/mol. The Kier molecular flexibility index (Phi) is 4.51. The molecule has 0 unspecified atom stereocenters. The molecule has 1 saturated carbocycles. The largest absolute Gasteiger partial charge is 0.481 e. The Hall–Kier alpha value is -0.660. The molecule has 0 aromatic rings. The number of carbonyl (C=O) groups is 1. The summed E-state index contributed by atoms with van der Waals surface area (Å²) in [4.78, 5) is 11.0. The van der Waals surface area contributed by atoms with Crippen LogP contribution in [-0.2, 0) is 15.0 Å². The SMILES string of the molecule is CC(C)CNS(=O)(=O)NCC1(C(=O)O)CCC1. The first-order chi connectivity index (χ1) is 7.77. The average molecular weight is 264 g/mol. The van der Waals surface area contributed by atoms with Crippen LogP contribution < -0.4 is 9.44 Å². The van der Waals surface area contributed by atoms with Crippen molar-refractivity contribution in [2.75, 3.05) is 13.1 Å². The zero-order valence-electron chi connectivity index (χ0n) is 10.2. The van der Waals surface area contributed by atoms with Gasteiger partial charge in [0, 0.05) is 13.1 Å². The Labute approximate surface area is 102 Å². The molecule has 0 saturated heterocycles. The Bertz CT molecular complexity index is 374. The minimum atomic E-state index is -3.58. The van der Waals surface area contributed by atoms with E-state index in [1.165, 1.54) is 0 Å². The maximum Gasteiger partial charge on any atom is 0.310 e. The second kappa shape index (κ2) is 5.32. The van der Waals surface area contributed by atoms with E-state index in [0.717, 1.165) is 6.42 Å². The zero-order chi connectivity index (χ0) is 13.1. The zero-order valence-corrected chi connectivity index (χ0v) is 11.0. The fourth-order valence-electron chi connectivity index (χ4n) is 1.63. The van der Waals surface area contributed by atoms with Gasteiger partial charge in [0.2, 0.25) is 0 Å². The molecule has 0 radical (unpaired) electrons. The molecule has 0 aromatic carbocycles. The number of carboxylic acids is 1. The molecule has 0 aromatic heterocycles. The predicted octanol–water partition coefficient (Wildman–Crippen LogP) is 0.321. The van der Waals surface area contributed by atoms with Crippen LogP contribution in [-0.4, -0.2) is 32.6 Å². The monoisotopic (exact) mass is 264 g/mol. The van der Waals surface area contributed by atoms with E-state index in [1.807, 2.05) is 13.8 Å². The third-order valence-corrected chi connectivity index (χ3v) is 4.12. The third-order valence-electron chi connectivity index (χ3n) is 3.05. The number of aliphatic carboxylic acids is 1. The smallest absolute Gasteiger partial charge is 0.310 e. The van der Waals surface area contributed by atoms with Gasteiger partial charge in [-0.05, 0) is 18.8 Å². The van der Waals surface area contributed by atoms with Crippen molar-refractivity contribution in [3.8, 4) is 0 Å². The molecule has 1 rings (SSSR count). The van der Waals surface area contributed by atoms with Gasteiger partial charge in [-0.2, -0.15) is 8.42 Å². The Balaban J connectivity index is 2.46. The summed E-state index contributed by atoms with van der Waals surface area (Å²) < 4.78 is 27.8. The van der Waals surface area contributed by atoms with Crippen LogP contribution in [0, 0.1) is 11.3 Å². The Morgan fingerprint density at radius 3 is 2.29 bits per heavy atom. The van der Waals surface area contributed by atoms with Crippen LogP contribution in [0.3, 0.4) is 0 Å². The molecule has 1 aliphatic carbocycles. The molecule has 0 amide bonds. The molecule has 3 N–H and O–H groups in total. The summed E-state index contributed by atoms with van der Waals surface area (Å²) >= 11 is 0. The Morgan fingerprint density at radius 2 is 1.94 bits per heavy atom. The van der Waals surface area contributed by atoms with Crippen molar-refractivity contribution in [2.45, 2.75) is 33.1 Å². The topological polar surface area (TPSA) is 95.5 Å². The van der Waals surface area contributed by atoms with Crippen molar-refractivity contribution in [3.05, 3.63) is 0 Å². The highest BCUT2D eigenvalue weighted by Gasteiger charge is 2.44.